The quantitative estimate of drug-likeness (QED) is 0.512. The number of aryl methyl sites for hydroxylation is 1. The first-order chi connectivity index (χ1) is 12.7. The summed E-state index contributed by atoms with van der Waals surface area (Å²) in [6.07, 6.45) is 1.53. The van der Waals surface area contributed by atoms with Gasteiger partial charge in [-0.15, -0.1) is 0 Å². The summed E-state index contributed by atoms with van der Waals surface area (Å²) >= 11 is 5.97. The summed E-state index contributed by atoms with van der Waals surface area (Å²) in [7, 11) is 0. The minimum absolute atomic E-state index is 0.109. The van der Waals surface area contributed by atoms with Gasteiger partial charge in [-0.2, -0.15) is 15.0 Å². The van der Waals surface area contributed by atoms with Crippen molar-refractivity contribution in [3.63, 3.8) is 0 Å². The molecule has 0 radical (unpaired) electrons. The van der Waals surface area contributed by atoms with Gasteiger partial charge in [0.05, 0.1) is 11.0 Å². The van der Waals surface area contributed by atoms with Crippen LogP contribution in [0.15, 0.2) is 42.5 Å². The Bertz CT molecular complexity index is 1040. The van der Waals surface area contributed by atoms with Crippen molar-refractivity contribution in [3.05, 3.63) is 53.3 Å². The zero-order valence-electron chi connectivity index (χ0n) is 13.9. The molecule has 2 aromatic carbocycles. The number of nitrogens with zero attached hydrogens (tertiary/aromatic N) is 4. The van der Waals surface area contributed by atoms with E-state index in [-0.39, 0.29) is 12.5 Å². The fourth-order valence-electron chi connectivity index (χ4n) is 2.80. The maximum Gasteiger partial charge on any atom is 0.243 e. The fraction of sp³-hybridized carbons (Fsp3) is 0.222. The van der Waals surface area contributed by atoms with Crippen LogP contribution in [0.5, 0.6) is 0 Å². The zero-order valence-corrected chi connectivity index (χ0v) is 14.7. The molecule has 0 aliphatic heterocycles. The highest BCUT2D eigenvalue weighted by Gasteiger charge is 2.07. The molecule has 0 unspecified atom stereocenters. The van der Waals surface area contributed by atoms with Crippen molar-refractivity contribution in [1.29, 1.82) is 0 Å². The second-order valence-electron chi connectivity index (χ2n) is 6.02. The monoisotopic (exact) mass is 368 g/mol. The molecule has 26 heavy (non-hydrogen) atoms. The Morgan fingerprint density at radius 1 is 1.12 bits per heavy atom. The van der Waals surface area contributed by atoms with Gasteiger partial charge in [0, 0.05) is 18.0 Å². The molecule has 0 saturated heterocycles. The fourth-order valence-corrected chi connectivity index (χ4v) is 2.97. The average Bonchev–Trinajstić information content (AvgIpc) is 3.20. The van der Waals surface area contributed by atoms with Gasteiger partial charge in [-0.3, -0.25) is 4.79 Å². The van der Waals surface area contributed by atoms with Crippen molar-refractivity contribution >= 4 is 39.6 Å². The molecule has 2 aromatic heterocycles. The molecule has 0 atom stereocenters. The van der Waals surface area contributed by atoms with Crippen LogP contribution in [-0.4, -0.2) is 37.4 Å². The summed E-state index contributed by atoms with van der Waals surface area (Å²) in [5.41, 5.74) is 3.38. The molecule has 8 heteroatoms. The summed E-state index contributed by atoms with van der Waals surface area (Å²) < 4.78 is 0. The van der Waals surface area contributed by atoms with Crippen molar-refractivity contribution in [3.8, 4) is 0 Å². The normalized spacial score (nSPS) is 11.3. The Kier molecular flexibility index (Phi) is 4.53. The van der Waals surface area contributed by atoms with Gasteiger partial charge >= 0.3 is 0 Å². The Morgan fingerprint density at radius 3 is 2.65 bits per heavy atom. The minimum atomic E-state index is -0.110. The molecule has 0 bridgehead atoms. The number of aromatic nitrogens is 5. The zero-order chi connectivity index (χ0) is 17.9. The van der Waals surface area contributed by atoms with Crippen LogP contribution in [0.2, 0.25) is 5.02 Å². The van der Waals surface area contributed by atoms with Crippen LogP contribution in [-0.2, 0) is 17.8 Å². The third-order valence-corrected chi connectivity index (χ3v) is 4.25. The van der Waals surface area contributed by atoms with Gasteiger partial charge in [0.2, 0.25) is 5.91 Å². The lowest BCUT2D eigenvalue weighted by Crippen LogP contribution is -2.29. The van der Waals surface area contributed by atoms with Crippen molar-refractivity contribution in [2.24, 2.45) is 0 Å². The highest BCUT2D eigenvalue weighted by atomic mass is 35.5. The third kappa shape index (κ3) is 3.67. The van der Waals surface area contributed by atoms with Crippen LogP contribution in [0.3, 0.4) is 0 Å². The second-order valence-corrected chi connectivity index (χ2v) is 6.45. The van der Waals surface area contributed by atoms with E-state index >= 15 is 0 Å². The number of hydrogen-bond donors (Lipinski definition) is 2. The number of fused-ring (bicyclic) bond motifs is 2. The van der Waals surface area contributed by atoms with Crippen molar-refractivity contribution in [2.75, 3.05) is 6.54 Å². The molecule has 4 rings (SSSR count). The molecule has 2 N–H and O–H groups in total. The third-order valence-electron chi connectivity index (χ3n) is 4.02. The van der Waals surface area contributed by atoms with Crippen molar-refractivity contribution < 1.29 is 4.79 Å². The summed E-state index contributed by atoms with van der Waals surface area (Å²) in [6.45, 7) is 0.676. The van der Waals surface area contributed by atoms with E-state index < -0.39 is 0 Å². The maximum absolute atomic E-state index is 12.0. The molecule has 0 spiro atoms. The van der Waals surface area contributed by atoms with Gasteiger partial charge in [0.1, 0.15) is 23.4 Å². The number of carbonyl (C=O) groups is 1. The van der Waals surface area contributed by atoms with Crippen molar-refractivity contribution in [1.82, 2.24) is 30.3 Å². The number of carbonyl (C=O) groups excluding carboxylic acids is 1. The van der Waals surface area contributed by atoms with Gasteiger partial charge < -0.3 is 10.3 Å². The summed E-state index contributed by atoms with van der Waals surface area (Å²) in [6, 6.07) is 13.1. The molecule has 4 aromatic rings. The summed E-state index contributed by atoms with van der Waals surface area (Å²) in [4.78, 5) is 21.2. The van der Waals surface area contributed by atoms with E-state index in [0.717, 1.165) is 40.7 Å². The molecular weight excluding hydrogens is 352 g/mol. The Labute approximate surface area is 154 Å². The van der Waals surface area contributed by atoms with Crippen LogP contribution in [0.4, 0.5) is 0 Å². The minimum Gasteiger partial charge on any atom is -0.354 e. The molecule has 1 amide bonds. The number of hydrogen-bond acceptors (Lipinski definition) is 4. The molecular formula is C18H17ClN6O. The van der Waals surface area contributed by atoms with E-state index in [9.17, 15) is 4.79 Å². The number of rotatable bonds is 6. The molecule has 0 aliphatic carbocycles. The van der Waals surface area contributed by atoms with Gasteiger partial charge in [0.15, 0.2) is 0 Å². The predicted octanol–water partition coefficient (Wildman–Crippen LogP) is 2.71. The van der Waals surface area contributed by atoms with Crippen molar-refractivity contribution in [2.45, 2.75) is 19.4 Å². The van der Waals surface area contributed by atoms with E-state index in [2.05, 4.69) is 25.5 Å². The first kappa shape index (κ1) is 16.5. The SMILES string of the molecule is O=C(Cn1nc2ccccc2n1)NCCCc1nc2ccc(Cl)cc2[nH]1. The lowest BCUT2D eigenvalue weighted by Gasteiger charge is -2.03. The lowest BCUT2D eigenvalue weighted by molar-refractivity contribution is -0.122. The molecule has 0 saturated carbocycles. The Balaban J connectivity index is 1.26. The highest BCUT2D eigenvalue weighted by molar-refractivity contribution is 6.31. The Hall–Kier alpha value is -2.93. The van der Waals surface area contributed by atoms with Crippen LogP contribution in [0.25, 0.3) is 22.1 Å². The topological polar surface area (TPSA) is 88.5 Å². The number of halogens is 1. The first-order valence-corrected chi connectivity index (χ1v) is 8.76. The van der Waals surface area contributed by atoms with Gasteiger partial charge in [-0.1, -0.05) is 23.7 Å². The van der Waals surface area contributed by atoms with Crippen LogP contribution in [0, 0.1) is 0 Å². The molecule has 132 valence electrons. The maximum atomic E-state index is 12.0. The van der Waals surface area contributed by atoms with Crippen LogP contribution in [0.1, 0.15) is 12.2 Å². The standard InChI is InChI=1S/C18H17ClN6O/c19-12-7-8-13-16(10-12)22-17(21-13)6-3-9-20-18(26)11-25-23-14-4-1-2-5-15(14)24-25/h1-2,4-5,7-8,10H,3,6,9,11H2,(H,20,26)(H,21,22). The molecule has 0 aliphatic rings. The van der Waals surface area contributed by atoms with E-state index in [1.165, 1.54) is 4.80 Å². The molecule has 0 fully saturated rings. The van der Waals surface area contributed by atoms with E-state index in [0.29, 0.717) is 11.6 Å². The number of nitrogens with one attached hydrogen (secondary N) is 2. The summed E-state index contributed by atoms with van der Waals surface area (Å²) in [5.74, 6) is 0.776. The number of amides is 1. The largest absolute Gasteiger partial charge is 0.354 e. The molecule has 2 heterocycles. The van der Waals surface area contributed by atoms with E-state index in [1.54, 1.807) is 0 Å². The van der Waals surface area contributed by atoms with Crippen LogP contribution < -0.4 is 5.32 Å². The van der Waals surface area contributed by atoms with E-state index in [1.807, 2.05) is 42.5 Å². The van der Waals surface area contributed by atoms with Gasteiger partial charge in [-0.05, 0) is 36.8 Å². The molecule has 7 nitrogen and oxygen atoms in total. The number of aromatic amines is 1. The van der Waals surface area contributed by atoms with E-state index in [4.69, 9.17) is 11.6 Å². The Morgan fingerprint density at radius 2 is 1.88 bits per heavy atom. The number of benzene rings is 2. The highest BCUT2D eigenvalue weighted by Crippen LogP contribution is 2.17. The van der Waals surface area contributed by atoms with Crippen LogP contribution >= 0.6 is 11.6 Å². The summed E-state index contributed by atoms with van der Waals surface area (Å²) in [5, 5.41) is 12.1. The smallest absolute Gasteiger partial charge is 0.243 e. The first-order valence-electron chi connectivity index (χ1n) is 8.38. The number of H-pyrrole nitrogens is 1. The average molecular weight is 369 g/mol. The predicted molar refractivity (Wildman–Crippen MR) is 100.0 cm³/mol. The van der Waals surface area contributed by atoms with Gasteiger partial charge in [-0.25, -0.2) is 4.98 Å². The lowest BCUT2D eigenvalue weighted by atomic mass is 10.3. The number of imidazole rings is 1. The van der Waals surface area contributed by atoms with Gasteiger partial charge in [0.25, 0.3) is 0 Å². The second kappa shape index (κ2) is 7.13.